The summed E-state index contributed by atoms with van der Waals surface area (Å²) in [6, 6.07) is 7.60. The Balaban J connectivity index is 1.95. The molecule has 2 aromatic rings. The molecule has 0 aliphatic carbocycles. The van der Waals surface area contributed by atoms with Crippen molar-refractivity contribution in [2.45, 2.75) is 26.6 Å². The van der Waals surface area contributed by atoms with Crippen LogP contribution in [-0.4, -0.2) is 16.7 Å². The molecule has 0 radical (unpaired) electrons. The van der Waals surface area contributed by atoms with Gasteiger partial charge >= 0.3 is 0 Å². The van der Waals surface area contributed by atoms with Crippen LogP contribution in [0.25, 0.3) is 0 Å². The molecular weight excluding hydrogens is 312 g/mol. The molecule has 1 aromatic heterocycles. The molecule has 0 fully saturated rings. The van der Waals surface area contributed by atoms with Gasteiger partial charge in [-0.3, -0.25) is 0 Å². The molecule has 5 nitrogen and oxygen atoms in total. The fourth-order valence-electron chi connectivity index (χ4n) is 1.52. The molecule has 0 N–H and O–H groups in total. The summed E-state index contributed by atoms with van der Waals surface area (Å²) < 4.78 is 17.0. The molecule has 0 aliphatic rings. The molecule has 102 valence electrons. The minimum absolute atomic E-state index is 0.175. The Labute approximate surface area is 120 Å². The number of para-hydroxylation sites is 1. The van der Waals surface area contributed by atoms with Crippen molar-refractivity contribution in [3.63, 3.8) is 0 Å². The van der Waals surface area contributed by atoms with E-state index in [1.54, 1.807) is 0 Å². The number of aromatic nitrogens is 2. The van der Waals surface area contributed by atoms with E-state index in [0.717, 1.165) is 10.2 Å². The standard InChI is InChI=1S/C13H15BrN2O3/c1-3-17-9(2)13-15-12(19-16-13)8-18-11-7-5-4-6-10(11)14/h4-7,9H,3,8H2,1-2H3/t9-/m1/s1. The average molecular weight is 327 g/mol. The zero-order valence-electron chi connectivity index (χ0n) is 10.8. The van der Waals surface area contributed by atoms with Crippen molar-refractivity contribution in [1.82, 2.24) is 10.1 Å². The fourth-order valence-corrected chi connectivity index (χ4v) is 1.92. The highest BCUT2D eigenvalue weighted by atomic mass is 79.9. The molecule has 0 saturated heterocycles. The van der Waals surface area contributed by atoms with Gasteiger partial charge in [0.15, 0.2) is 12.4 Å². The van der Waals surface area contributed by atoms with E-state index in [-0.39, 0.29) is 12.7 Å². The van der Waals surface area contributed by atoms with E-state index in [4.69, 9.17) is 14.0 Å². The van der Waals surface area contributed by atoms with Crippen molar-refractivity contribution < 1.29 is 14.0 Å². The molecule has 0 spiro atoms. The van der Waals surface area contributed by atoms with Crippen LogP contribution in [0.5, 0.6) is 5.75 Å². The van der Waals surface area contributed by atoms with E-state index >= 15 is 0 Å². The predicted octanol–water partition coefficient (Wildman–Crippen LogP) is 3.51. The van der Waals surface area contributed by atoms with Crippen molar-refractivity contribution in [2.24, 2.45) is 0 Å². The Morgan fingerprint density at radius 2 is 2.16 bits per heavy atom. The second-order valence-corrected chi connectivity index (χ2v) is 4.72. The van der Waals surface area contributed by atoms with Gasteiger partial charge in [-0.2, -0.15) is 4.98 Å². The lowest BCUT2D eigenvalue weighted by Crippen LogP contribution is -2.02. The van der Waals surface area contributed by atoms with Gasteiger partial charge in [0.2, 0.25) is 0 Å². The van der Waals surface area contributed by atoms with E-state index < -0.39 is 0 Å². The van der Waals surface area contributed by atoms with Crippen LogP contribution in [0.1, 0.15) is 31.7 Å². The molecule has 19 heavy (non-hydrogen) atoms. The van der Waals surface area contributed by atoms with Crippen molar-refractivity contribution in [1.29, 1.82) is 0 Å². The van der Waals surface area contributed by atoms with Gasteiger partial charge in [0.25, 0.3) is 5.89 Å². The summed E-state index contributed by atoms with van der Waals surface area (Å²) in [6.07, 6.45) is -0.175. The van der Waals surface area contributed by atoms with Crippen LogP contribution in [0.4, 0.5) is 0 Å². The number of nitrogens with zero attached hydrogens (tertiary/aromatic N) is 2. The summed E-state index contributed by atoms with van der Waals surface area (Å²) in [5.74, 6) is 1.70. The number of ether oxygens (including phenoxy) is 2. The van der Waals surface area contributed by atoms with Gasteiger partial charge < -0.3 is 14.0 Å². The molecule has 2 rings (SSSR count). The topological polar surface area (TPSA) is 57.4 Å². The summed E-state index contributed by atoms with van der Waals surface area (Å²) >= 11 is 3.41. The summed E-state index contributed by atoms with van der Waals surface area (Å²) in [6.45, 7) is 4.65. The highest BCUT2D eigenvalue weighted by Gasteiger charge is 2.14. The van der Waals surface area contributed by atoms with Crippen LogP contribution in [0.2, 0.25) is 0 Å². The van der Waals surface area contributed by atoms with Crippen molar-refractivity contribution in [3.8, 4) is 5.75 Å². The van der Waals surface area contributed by atoms with E-state index in [9.17, 15) is 0 Å². The lowest BCUT2D eigenvalue weighted by atomic mass is 10.3. The fraction of sp³-hybridized carbons (Fsp3) is 0.385. The van der Waals surface area contributed by atoms with E-state index in [0.29, 0.717) is 18.3 Å². The minimum Gasteiger partial charge on any atom is -0.483 e. The number of hydrogen-bond donors (Lipinski definition) is 0. The van der Waals surface area contributed by atoms with Crippen LogP contribution >= 0.6 is 15.9 Å². The van der Waals surface area contributed by atoms with Gasteiger partial charge in [-0.05, 0) is 41.9 Å². The maximum atomic E-state index is 5.59. The van der Waals surface area contributed by atoms with E-state index in [1.807, 2.05) is 38.1 Å². The van der Waals surface area contributed by atoms with Crippen molar-refractivity contribution in [3.05, 3.63) is 40.5 Å². The Morgan fingerprint density at radius 3 is 2.89 bits per heavy atom. The lowest BCUT2D eigenvalue weighted by molar-refractivity contribution is 0.0683. The van der Waals surface area contributed by atoms with Gasteiger partial charge in [-0.15, -0.1) is 0 Å². The Hall–Kier alpha value is -1.40. The normalized spacial score (nSPS) is 12.4. The first-order valence-corrected chi connectivity index (χ1v) is 6.81. The Morgan fingerprint density at radius 1 is 1.37 bits per heavy atom. The van der Waals surface area contributed by atoms with Crippen LogP contribution in [0.15, 0.2) is 33.3 Å². The SMILES string of the molecule is CCO[C@H](C)c1noc(COc2ccccc2Br)n1. The first kappa shape index (κ1) is 14.0. The third-order valence-electron chi connectivity index (χ3n) is 2.45. The number of hydrogen-bond acceptors (Lipinski definition) is 5. The molecular formula is C13H15BrN2O3. The van der Waals surface area contributed by atoms with Crippen LogP contribution in [-0.2, 0) is 11.3 Å². The van der Waals surface area contributed by atoms with Gasteiger partial charge in [-0.25, -0.2) is 0 Å². The first-order valence-electron chi connectivity index (χ1n) is 6.02. The molecule has 0 saturated carbocycles. The molecule has 1 aromatic carbocycles. The molecule has 0 amide bonds. The van der Waals surface area contributed by atoms with Crippen LogP contribution in [0.3, 0.4) is 0 Å². The lowest BCUT2D eigenvalue weighted by Gasteiger charge is -2.05. The summed E-state index contributed by atoms with van der Waals surface area (Å²) in [5.41, 5.74) is 0. The van der Waals surface area contributed by atoms with E-state index in [2.05, 4.69) is 26.1 Å². The molecule has 0 aliphatic heterocycles. The van der Waals surface area contributed by atoms with Crippen molar-refractivity contribution in [2.75, 3.05) is 6.61 Å². The molecule has 1 atom stereocenters. The van der Waals surface area contributed by atoms with Crippen LogP contribution < -0.4 is 4.74 Å². The Kier molecular flexibility index (Phi) is 4.93. The van der Waals surface area contributed by atoms with Gasteiger partial charge in [0, 0.05) is 6.61 Å². The van der Waals surface area contributed by atoms with Gasteiger partial charge in [0.05, 0.1) is 4.47 Å². The second-order valence-electron chi connectivity index (χ2n) is 3.86. The highest BCUT2D eigenvalue weighted by molar-refractivity contribution is 9.10. The highest BCUT2D eigenvalue weighted by Crippen LogP contribution is 2.24. The number of rotatable bonds is 6. The summed E-state index contributed by atoms with van der Waals surface area (Å²) in [4.78, 5) is 4.23. The smallest absolute Gasteiger partial charge is 0.264 e. The quantitative estimate of drug-likeness (QED) is 0.813. The maximum absolute atomic E-state index is 5.59. The molecule has 1 heterocycles. The molecule has 6 heteroatoms. The Bertz CT molecular complexity index is 530. The zero-order chi connectivity index (χ0) is 13.7. The first-order chi connectivity index (χ1) is 9.20. The van der Waals surface area contributed by atoms with Gasteiger partial charge in [0.1, 0.15) is 11.9 Å². The predicted molar refractivity (Wildman–Crippen MR) is 72.8 cm³/mol. The third kappa shape index (κ3) is 3.78. The van der Waals surface area contributed by atoms with Gasteiger partial charge in [-0.1, -0.05) is 17.3 Å². The maximum Gasteiger partial charge on any atom is 0.264 e. The summed E-state index contributed by atoms with van der Waals surface area (Å²) in [5, 5.41) is 3.87. The average Bonchev–Trinajstić information content (AvgIpc) is 2.87. The largest absolute Gasteiger partial charge is 0.483 e. The van der Waals surface area contributed by atoms with Crippen LogP contribution in [0, 0.1) is 0 Å². The monoisotopic (exact) mass is 326 g/mol. The molecule has 0 bridgehead atoms. The summed E-state index contributed by atoms with van der Waals surface area (Å²) in [7, 11) is 0. The van der Waals surface area contributed by atoms with Crippen molar-refractivity contribution >= 4 is 15.9 Å². The molecule has 0 unspecified atom stereocenters. The zero-order valence-corrected chi connectivity index (χ0v) is 12.4. The third-order valence-corrected chi connectivity index (χ3v) is 3.11. The second kappa shape index (κ2) is 6.68. The van der Waals surface area contributed by atoms with E-state index in [1.165, 1.54) is 0 Å². The number of halogens is 1. The minimum atomic E-state index is -0.175. The number of benzene rings is 1.